The van der Waals surface area contributed by atoms with E-state index in [0.29, 0.717) is 25.0 Å². The van der Waals surface area contributed by atoms with Gasteiger partial charge in [-0.25, -0.2) is 0 Å². The van der Waals surface area contributed by atoms with Crippen LogP contribution >= 0.6 is 36.6 Å². The molecule has 2 aromatic rings. The first-order valence-corrected chi connectivity index (χ1v) is 11.2. The molecule has 0 bridgehead atoms. The number of thiophene rings is 1. The highest BCUT2D eigenvalue weighted by Gasteiger charge is 2.14. The van der Waals surface area contributed by atoms with Crippen LogP contribution in [0, 0.1) is 11.8 Å². The van der Waals surface area contributed by atoms with Gasteiger partial charge in [-0.2, -0.15) is 0 Å². The molecule has 0 amide bonds. The largest absolute Gasteiger partial charge is 0.494 e. The summed E-state index contributed by atoms with van der Waals surface area (Å²) in [5.41, 5.74) is 0.919. The Morgan fingerprint density at radius 3 is 2.19 bits per heavy atom. The molecule has 0 aliphatic carbocycles. The molecule has 27 heavy (non-hydrogen) atoms. The summed E-state index contributed by atoms with van der Waals surface area (Å²) in [5, 5.41) is 2.04. The van der Waals surface area contributed by atoms with Gasteiger partial charge in [-0.15, -0.1) is 36.6 Å². The maximum Gasteiger partial charge on any atom is 0.127 e. The molecule has 1 heterocycles. The van der Waals surface area contributed by atoms with Crippen molar-refractivity contribution in [3.63, 3.8) is 0 Å². The Kier molecular flexibility index (Phi) is 9.13. The van der Waals surface area contributed by atoms with Crippen molar-refractivity contribution >= 4 is 46.4 Å². The average molecular weight is 423 g/mol. The number of hydrogen-bond acceptors (Lipinski definition) is 5. The van der Waals surface area contributed by atoms with Crippen molar-refractivity contribution in [3.8, 4) is 11.5 Å². The van der Waals surface area contributed by atoms with E-state index < -0.39 is 0 Å². The zero-order valence-corrected chi connectivity index (χ0v) is 19.2. The molecule has 0 fully saturated rings. The molecule has 0 aliphatic rings. The van der Waals surface area contributed by atoms with Crippen molar-refractivity contribution in [1.29, 1.82) is 0 Å². The standard InChI is InChI=1S/C22H30O2S3/c1-15(2)9-11-23-17-7-8-19(24-12-10-16(3)4)18(14-17)21(25)22(26)20-6-5-13-27-20/h5-8,13-16,25-26H,9-12H2,1-4H3/b22-21-. The predicted molar refractivity (Wildman–Crippen MR) is 125 cm³/mol. The van der Waals surface area contributed by atoms with Gasteiger partial charge in [0.05, 0.1) is 13.2 Å². The molecule has 0 saturated heterocycles. The number of hydrogen-bond donors (Lipinski definition) is 2. The van der Waals surface area contributed by atoms with E-state index in [2.05, 4.69) is 27.7 Å². The Balaban J connectivity index is 2.29. The van der Waals surface area contributed by atoms with Crippen LogP contribution in [0.1, 0.15) is 51.0 Å². The second-order valence-corrected chi connectivity index (χ2v) is 9.24. The third-order valence-electron chi connectivity index (χ3n) is 4.10. The minimum absolute atomic E-state index is 0.602. The SMILES string of the molecule is CC(C)CCOc1ccc(OCCC(C)C)c(/C(S)=C(/S)c2cccs2)c1. The number of benzene rings is 1. The second kappa shape index (κ2) is 11.1. The first kappa shape index (κ1) is 22.3. The third kappa shape index (κ3) is 7.13. The molecule has 5 heteroatoms. The van der Waals surface area contributed by atoms with Gasteiger partial charge >= 0.3 is 0 Å². The van der Waals surface area contributed by atoms with Gasteiger partial charge in [-0.1, -0.05) is 33.8 Å². The lowest BCUT2D eigenvalue weighted by Crippen LogP contribution is -2.04. The van der Waals surface area contributed by atoms with E-state index in [0.717, 1.165) is 44.6 Å². The number of thiol groups is 2. The Labute approximate surface area is 178 Å². The lowest BCUT2D eigenvalue weighted by atomic mass is 10.1. The van der Waals surface area contributed by atoms with Crippen LogP contribution in [-0.4, -0.2) is 13.2 Å². The van der Waals surface area contributed by atoms with Crippen molar-refractivity contribution in [3.05, 3.63) is 46.2 Å². The molecule has 2 nitrogen and oxygen atoms in total. The summed E-state index contributed by atoms with van der Waals surface area (Å²) < 4.78 is 12.0. The van der Waals surface area contributed by atoms with Gasteiger partial charge in [0.1, 0.15) is 11.5 Å². The highest BCUT2D eigenvalue weighted by Crippen LogP contribution is 2.39. The van der Waals surface area contributed by atoms with Crippen LogP contribution in [-0.2, 0) is 0 Å². The lowest BCUT2D eigenvalue weighted by molar-refractivity contribution is 0.281. The molecular weight excluding hydrogens is 392 g/mol. The molecule has 0 atom stereocenters. The summed E-state index contributed by atoms with van der Waals surface area (Å²) >= 11 is 11.1. The molecule has 0 spiro atoms. The third-order valence-corrected chi connectivity index (χ3v) is 6.25. The fraction of sp³-hybridized carbons (Fsp3) is 0.455. The fourth-order valence-electron chi connectivity index (χ4n) is 2.38. The van der Waals surface area contributed by atoms with Crippen molar-refractivity contribution in [2.45, 2.75) is 40.5 Å². The van der Waals surface area contributed by atoms with Crippen molar-refractivity contribution < 1.29 is 9.47 Å². The Morgan fingerprint density at radius 2 is 1.59 bits per heavy atom. The van der Waals surface area contributed by atoms with E-state index in [4.69, 9.17) is 34.7 Å². The zero-order valence-electron chi connectivity index (χ0n) is 16.6. The van der Waals surface area contributed by atoms with Crippen LogP contribution in [0.5, 0.6) is 11.5 Å². The van der Waals surface area contributed by atoms with E-state index in [1.807, 2.05) is 35.7 Å². The fourth-order valence-corrected chi connectivity index (χ4v) is 3.78. The predicted octanol–water partition coefficient (Wildman–Crippen LogP) is 7.28. The van der Waals surface area contributed by atoms with Crippen LogP contribution in [0.3, 0.4) is 0 Å². The Hall–Kier alpha value is -1.04. The minimum Gasteiger partial charge on any atom is -0.494 e. The van der Waals surface area contributed by atoms with Crippen LogP contribution in [0.4, 0.5) is 0 Å². The average Bonchev–Trinajstić information content (AvgIpc) is 3.15. The van der Waals surface area contributed by atoms with E-state index in [1.54, 1.807) is 11.3 Å². The summed E-state index contributed by atoms with van der Waals surface area (Å²) in [7, 11) is 0. The van der Waals surface area contributed by atoms with Crippen molar-refractivity contribution in [2.24, 2.45) is 11.8 Å². The first-order chi connectivity index (χ1) is 12.9. The second-order valence-electron chi connectivity index (χ2n) is 7.39. The quantitative estimate of drug-likeness (QED) is 0.392. The van der Waals surface area contributed by atoms with Gasteiger partial charge in [-0.05, 0) is 54.3 Å². The molecule has 0 aliphatic heterocycles. The Bertz CT molecular complexity index is 734. The molecule has 0 radical (unpaired) electrons. The maximum atomic E-state index is 6.07. The minimum atomic E-state index is 0.602. The highest BCUT2D eigenvalue weighted by atomic mass is 32.1. The van der Waals surface area contributed by atoms with Gasteiger partial charge in [-0.3, -0.25) is 0 Å². The van der Waals surface area contributed by atoms with E-state index >= 15 is 0 Å². The molecule has 0 N–H and O–H groups in total. The first-order valence-electron chi connectivity index (χ1n) is 9.44. The molecular formula is C22H30O2S3. The molecule has 148 valence electrons. The van der Waals surface area contributed by atoms with Crippen LogP contribution in [0.25, 0.3) is 9.81 Å². The van der Waals surface area contributed by atoms with Crippen molar-refractivity contribution in [2.75, 3.05) is 13.2 Å². The monoisotopic (exact) mass is 422 g/mol. The van der Waals surface area contributed by atoms with Gasteiger partial charge in [0.2, 0.25) is 0 Å². The molecule has 1 aromatic carbocycles. The molecule has 0 unspecified atom stereocenters. The maximum absolute atomic E-state index is 6.07. The van der Waals surface area contributed by atoms with Gasteiger partial charge in [0.25, 0.3) is 0 Å². The summed E-state index contributed by atoms with van der Waals surface area (Å²) in [6, 6.07) is 10.0. The summed E-state index contributed by atoms with van der Waals surface area (Å²) in [4.78, 5) is 2.73. The summed E-state index contributed by atoms with van der Waals surface area (Å²) in [6.07, 6.45) is 2.04. The van der Waals surface area contributed by atoms with Gasteiger partial charge in [0, 0.05) is 20.3 Å². The van der Waals surface area contributed by atoms with Gasteiger partial charge in [0.15, 0.2) is 0 Å². The summed E-state index contributed by atoms with van der Waals surface area (Å²) in [5.74, 6) is 2.87. The Morgan fingerprint density at radius 1 is 0.926 bits per heavy atom. The lowest BCUT2D eigenvalue weighted by Gasteiger charge is -2.16. The summed E-state index contributed by atoms with van der Waals surface area (Å²) in [6.45, 7) is 10.2. The smallest absolute Gasteiger partial charge is 0.127 e. The van der Waals surface area contributed by atoms with Crippen LogP contribution < -0.4 is 9.47 Å². The van der Waals surface area contributed by atoms with E-state index in [9.17, 15) is 0 Å². The van der Waals surface area contributed by atoms with Crippen LogP contribution in [0.15, 0.2) is 35.7 Å². The van der Waals surface area contributed by atoms with E-state index in [1.165, 1.54) is 0 Å². The van der Waals surface area contributed by atoms with Crippen molar-refractivity contribution in [1.82, 2.24) is 0 Å². The number of rotatable bonds is 10. The van der Waals surface area contributed by atoms with Gasteiger partial charge < -0.3 is 9.47 Å². The highest BCUT2D eigenvalue weighted by molar-refractivity contribution is 7.96. The molecule has 2 rings (SSSR count). The number of ether oxygens (including phenoxy) is 2. The normalized spacial score (nSPS) is 12.4. The molecule has 0 saturated carbocycles. The van der Waals surface area contributed by atoms with Crippen LogP contribution in [0.2, 0.25) is 0 Å². The topological polar surface area (TPSA) is 18.5 Å². The zero-order chi connectivity index (χ0) is 19.8. The molecule has 1 aromatic heterocycles. The van der Waals surface area contributed by atoms with E-state index in [-0.39, 0.29) is 0 Å².